The zero-order chi connectivity index (χ0) is 14.3. The summed E-state index contributed by atoms with van der Waals surface area (Å²) in [6.07, 6.45) is 1.49. The van der Waals surface area contributed by atoms with Crippen molar-refractivity contribution in [2.75, 3.05) is 13.7 Å². The van der Waals surface area contributed by atoms with E-state index in [2.05, 4.69) is 9.99 Å². The lowest BCUT2D eigenvalue weighted by atomic mass is 10.1. The van der Waals surface area contributed by atoms with Gasteiger partial charge in [0.2, 0.25) is 0 Å². The van der Waals surface area contributed by atoms with E-state index < -0.39 is 5.97 Å². The molecule has 0 N–H and O–H groups in total. The molecule has 0 bridgehead atoms. The second kappa shape index (κ2) is 7.53. The molecule has 0 aromatic heterocycles. The zero-order valence-electron chi connectivity index (χ0n) is 11.7. The first-order valence-electron chi connectivity index (χ1n) is 6.00. The highest BCUT2D eigenvalue weighted by molar-refractivity contribution is 5.82. The van der Waals surface area contributed by atoms with Gasteiger partial charge in [-0.15, -0.1) is 0 Å². The molecule has 1 unspecified atom stereocenters. The molecule has 5 heteroatoms. The highest BCUT2D eigenvalue weighted by Gasteiger charge is 2.05. The van der Waals surface area contributed by atoms with E-state index >= 15 is 0 Å². The summed E-state index contributed by atoms with van der Waals surface area (Å²) in [5.41, 5.74) is 1.85. The largest absolute Gasteiger partial charge is 0.488 e. The molecule has 19 heavy (non-hydrogen) atoms. The number of aryl methyl sites for hydroxylation is 1. The Morgan fingerprint density at radius 2 is 2.21 bits per heavy atom. The molecule has 1 aromatic rings. The van der Waals surface area contributed by atoms with Crippen LogP contribution < -0.4 is 4.74 Å². The molecule has 104 valence electrons. The molecule has 0 spiro atoms. The quantitative estimate of drug-likeness (QED) is 0.450. The molecule has 0 aliphatic rings. The molecule has 0 saturated carbocycles. The summed E-state index contributed by atoms with van der Waals surface area (Å²) in [4.78, 5) is 15.1. The summed E-state index contributed by atoms with van der Waals surface area (Å²) in [5.74, 6) is 0.328. The summed E-state index contributed by atoms with van der Waals surface area (Å²) >= 11 is 0. The second-order valence-corrected chi connectivity index (χ2v) is 4.22. The predicted molar refractivity (Wildman–Crippen MR) is 72.5 cm³/mol. The fraction of sp³-hybridized carbons (Fsp3) is 0.429. The van der Waals surface area contributed by atoms with E-state index in [0.717, 1.165) is 16.9 Å². The number of carbonyl (C=O) groups excluding carboxylic acids is 1. The van der Waals surface area contributed by atoms with Crippen molar-refractivity contribution in [1.82, 2.24) is 0 Å². The van der Waals surface area contributed by atoms with E-state index in [1.165, 1.54) is 13.1 Å². The second-order valence-electron chi connectivity index (χ2n) is 4.22. The highest BCUT2D eigenvalue weighted by atomic mass is 16.7. The summed E-state index contributed by atoms with van der Waals surface area (Å²) in [5, 5.41) is 3.59. The van der Waals surface area contributed by atoms with Gasteiger partial charge in [0.25, 0.3) is 0 Å². The van der Waals surface area contributed by atoms with Gasteiger partial charge in [0.15, 0.2) is 0 Å². The standard InChI is InChI=1S/C14H19NO4/c1-10-7-14(18-11(2)9-17-4)6-5-13(10)8-15-19-12(3)16/h5-8,11H,9H2,1-4H3. The number of ether oxygens (including phenoxy) is 2. The topological polar surface area (TPSA) is 57.1 Å². The molecule has 1 aromatic carbocycles. The summed E-state index contributed by atoms with van der Waals surface area (Å²) in [7, 11) is 1.64. The van der Waals surface area contributed by atoms with Gasteiger partial charge in [-0.3, -0.25) is 0 Å². The van der Waals surface area contributed by atoms with Gasteiger partial charge in [0.1, 0.15) is 11.9 Å². The molecule has 0 fully saturated rings. The Morgan fingerprint density at radius 1 is 1.47 bits per heavy atom. The van der Waals surface area contributed by atoms with Crippen LogP contribution in [0.1, 0.15) is 25.0 Å². The molecule has 0 aliphatic carbocycles. The molecule has 0 amide bonds. The van der Waals surface area contributed by atoms with Gasteiger partial charge in [-0.1, -0.05) is 5.16 Å². The van der Waals surface area contributed by atoms with Crippen molar-refractivity contribution in [3.05, 3.63) is 29.3 Å². The van der Waals surface area contributed by atoms with Gasteiger partial charge in [-0.2, -0.15) is 0 Å². The first-order chi connectivity index (χ1) is 9.02. The summed E-state index contributed by atoms with van der Waals surface area (Å²) in [6, 6.07) is 5.60. The lowest BCUT2D eigenvalue weighted by Crippen LogP contribution is -2.18. The normalized spacial score (nSPS) is 12.4. The van der Waals surface area contributed by atoms with Crippen LogP contribution in [-0.2, 0) is 14.4 Å². The summed E-state index contributed by atoms with van der Waals surface area (Å²) in [6.45, 7) is 5.71. The Bertz CT molecular complexity index is 457. The Balaban J connectivity index is 2.69. The molecule has 1 rings (SSSR count). The molecule has 1 atom stereocenters. The van der Waals surface area contributed by atoms with Gasteiger partial charge in [-0.05, 0) is 43.2 Å². The molecular formula is C14H19NO4. The Kier molecular flexibility index (Phi) is 6.02. The van der Waals surface area contributed by atoms with Gasteiger partial charge >= 0.3 is 5.97 Å². The minimum atomic E-state index is -0.442. The third kappa shape index (κ3) is 5.52. The lowest BCUT2D eigenvalue weighted by molar-refractivity contribution is -0.140. The minimum Gasteiger partial charge on any atom is -0.488 e. The Morgan fingerprint density at radius 3 is 2.79 bits per heavy atom. The van der Waals surface area contributed by atoms with E-state index in [4.69, 9.17) is 9.47 Å². The first kappa shape index (κ1) is 15.2. The number of oxime groups is 1. The fourth-order valence-corrected chi connectivity index (χ4v) is 1.52. The predicted octanol–water partition coefficient (Wildman–Crippen LogP) is 2.31. The first-order valence-corrected chi connectivity index (χ1v) is 6.00. The van der Waals surface area contributed by atoms with Gasteiger partial charge < -0.3 is 14.3 Å². The number of rotatable bonds is 6. The monoisotopic (exact) mass is 265 g/mol. The maximum Gasteiger partial charge on any atom is 0.331 e. The van der Waals surface area contributed by atoms with Crippen LogP contribution >= 0.6 is 0 Å². The number of benzene rings is 1. The molecule has 5 nitrogen and oxygen atoms in total. The molecular weight excluding hydrogens is 246 g/mol. The SMILES string of the molecule is COCC(C)Oc1ccc(C=NOC(C)=O)c(C)c1. The van der Waals surface area contributed by atoms with E-state index in [-0.39, 0.29) is 6.10 Å². The van der Waals surface area contributed by atoms with Gasteiger partial charge in [-0.25, -0.2) is 4.79 Å². The van der Waals surface area contributed by atoms with Gasteiger partial charge in [0.05, 0.1) is 12.8 Å². The van der Waals surface area contributed by atoms with Crippen molar-refractivity contribution in [1.29, 1.82) is 0 Å². The van der Waals surface area contributed by atoms with Crippen LogP contribution in [-0.4, -0.2) is 32.0 Å². The Labute approximate surface area is 113 Å². The molecule has 0 radical (unpaired) electrons. The van der Waals surface area contributed by atoms with E-state index in [9.17, 15) is 4.79 Å². The van der Waals surface area contributed by atoms with Crippen molar-refractivity contribution in [2.24, 2.45) is 5.16 Å². The summed E-state index contributed by atoms with van der Waals surface area (Å²) < 4.78 is 10.7. The molecule has 0 aliphatic heterocycles. The number of hydrogen-bond donors (Lipinski definition) is 0. The molecule has 0 heterocycles. The van der Waals surface area contributed by atoms with E-state index in [1.54, 1.807) is 7.11 Å². The average Bonchev–Trinajstić information content (AvgIpc) is 2.31. The van der Waals surface area contributed by atoms with Crippen LogP contribution in [0.5, 0.6) is 5.75 Å². The van der Waals surface area contributed by atoms with Crippen LogP contribution in [0.25, 0.3) is 0 Å². The smallest absolute Gasteiger partial charge is 0.331 e. The van der Waals surface area contributed by atoms with Crippen molar-refractivity contribution in [2.45, 2.75) is 26.9 Å². The van der Waals surface area contributed by atoms with Crippen LogP contribution in [0, 0.1) is 6.92 Å². The fourth-order valence-electron chi connectivity index (χ4n) is 1.52. The van der Waals surface area contributed by atoms with Crippen LogP contribution in [0.15, 0.2) is 23.4 Å². The van der Waals surface area contributed by atoms with Crippen molar-refractivity contribution in [3.63, 3.8) is 0 Å². The third-order valence-corrected chi connectivity index (χ3v) is 2.35. The van der Waals surface area contributed by atoms with Crippen molar-refractivity contribution < 1.29 is 19.1 Å². The highest BCUT2D eigenvalue weighted by Crippen LogP contribution is 2.17. The van der Waals surface area contributed by atoms with Crippen LogP contribution in [0.2, 0.25) is 0 Å². The minimum absolute atomic E-state index is 0.00929. The number of hydrogen-bond acceptors (Lipinski definition) is 5. The maximum absolute atomic E-state index is 10.6. The zero-order valence-corrected chi connectivity index (χ0v) is 11.7. The third-order valence-electron chi connectivity index (χ3n) is 2.35. The van der Waals surface area contributed by atoms with Crippen molar-refractivity contribution in [3.8, 4) is 5.75 Å². The lowest BCUT2D eigenvalue weighted by Gasteiger charge is -2.14. The van der Waals surface area contributed by atoms with Crippen molar-refractivity contribution >= 4 is 12.2 Å². The van der Waals surface area contributed by atoms with Crippen LogP contribution in [0.4, 0.5) is 0 Å². The number of methoxy groups -OCH3 is 1. The Hall–Kier alpha value is -1.88. The number of nitrogens with zero attached hydrogens (tertiary/aromatic N) is 1. The van der Waals surface area contributed by atoms with Crippen LogP contribution in [0.3, 0.4) is 0 Å². The van der Waals surface area contributed by atoms with E-state index in [0.29, 0.717) is 6.61 Å². The average molecular weight is 265 g/mol. The van der Waals surface area contributed by atoms with Gasteiger partial charge in [0, 0.05) is 14.0 Å². The molecule has 0 saturated heterocycles. The number of carbonyl (C=O) groups is 1. The maximum atomic E-state index is 10.6. The van der Waals surface area contributed by atoms with E-state index in [1.807, 2.05) is 32.0 Å².